The Kier molecular flexibility index (Phi) is 7.53. The highest BCUT2D eigenvalue weighted by atomic mass is 32.2. The van der Waals surface area contributed by atoms with Crippen LogP contribution in [0.25, 0.3) is 0 Å². The van der Waals surface area contributed by atoms with E-state index in [4.69, 9.17) is 4.74 Å². The monoisotopic (exact) mass is 452 g/mol. The Bertz CT molecular complexity index is 1140. The predicted molar refractivity (Wildman–Crippen MR) is 126 cm³/mol. The molecular weight excluding hydrogens is 424 g/mol. The first-order valence-corrected chi connectivity index (χ1v) is 11.9. The van der Waals surface area contributed by atoms with Crippen LogP contribution in [0.5, 0.6) is 5.75 Å². The predicted octanol–water partition coefficient (Wildman–Crippen LogP) is 4.61. The van der Waals surface area contributed by atoms with Crippen LogP contribution in [0.4, 0.5) is 5.69 Å². The van der Waals surface area contributed by atoms with Crippen molar-refractivity contribution >= 4 is 21.6 Å². The number of rotatable bonds is 9. The summed E-state index contributed by atoms with van der Waals surface area (Å²) in [5.41, 5.74) is 3.46. The Morgan fingerprint density at radius 1 is 0.938 bits per heavy atom. The molecule has 0 aromatic heterocycles. The van der Waals surface area contributed by atoms with E-state index < -0.39 is 10.0 Å². The lowest BCUT2D eigenvalue weighted by Gasteiger charge is -2.15. The minimum absolute atomic E-state index is 0.0638. The molecule has 0 heterocycles. The van der Waals surface area contributed by atoms with E-state index in [9.17, 15) is 13.2 Å². The van der Waals surface area contributed by atoms with Crippen LogP contribution in [0.1, 0.15) is 36.1 Å². The van der Waals surface area contributed by atoms with Crippen molar-refractivity contribution in [1.29, 1.82) is 0 Å². The lowest BCUT2D eigenvalue weighted by Crippen LogP contribution is -2.26. The molecule has 0 aliphatic heterocycles. The average Bonchev–Trinajstić information content (AvgIpc) is 2.79. The number of hydrogen-bond donors (Lipinski definition) is 2. The molecule has 0 saturated carbocycles. The molecule has 0 saturated heterocycles. The van der Waals surface area contributed by atoms with Gasteiger partial charge in [-0.2, -0.15) is 0 Å². The Morgan fingerprint density at radius 2 is 1.56 bits per heavy atom. The first-order chi connectivity index (χ1) is 15.3. The number of anilines is 1. The van der Waals surface area contributed by atoms with Gasteiger partial charge in [0.1, 0.15) is 5.75 Å². The molecule has 6 nitrogen and oxygen atoms in total. The van der Waals surface area contributed by atoms with Gasteiger partial charge in [0.2, 0.25) is 5.91 Å². The lowest BCUT2D eigenvalue weighted by atomic mass is 10.1. The summed E-state index contributed by atoms with van der Waals surface area (Å²) in [7, 11) is -2.05. The van der Waals surface area contributed by atoms with Gasteiger partial charge in [0, 0.05) is 12.1 Å². The zero-order valence-corrected chi connectivity index (χ0v) is 19.3. The van der Waals surface area contributed by atoms with Crippen molar-refractivity contribution in [2.24, 2.45) is 0 Å². The van der Waals surface area contributed by atoms with Gasteiger partial charge in [-0.25, -0.2) is 8.42 Å². The molecule has 168 valence electrons. The number of amides is 1. The number of carbonyl (C=O) groups excluding carboxylic acids is 1. The minimum atomic E-state index is -3.66. The Balaban J connectivity index is 1.53. The molecule has 1 amide bonds. The van der Waals surface area contributed by atoms with Gasteiger partial charge >= 0.3 is 0 Å². The van der Waals surface area contributed by atoms with Crippen LogP contribution < -0.4 is 14.8 Å². The third-order valence-electron chi connectivity index (χ3n) is 5.17. The van der Waals surface area contributed by atoms with E-state index in [0.717, 1.165) is 22.4 Å². The molecule has 0 bridgehead atoms. The first-order valence-electron chi connectivity index (χ1n) is 10.4. The molecular formula is C25H28N2O4S. The van der Waals surface area contributed by atoms with E-state index in [-0.39, 0.29) is 16.8 Å². The van der Waals surface area contributed by atoms with Crippen LogP contribution in [0.3, 0.4) is 0 Å². The largest absolute Gasteiger partial charge is 0.497 e. The van der Waals surface area contributed by atoms with Gasteiger partial charge in [0.05, 0.1) is 18.0 Å². The van der Waals surface area contributed by atoms with Crippen LogP contribution in [-0.4, -0.2) is 21.4 Å². The van der Waals surface area contributed by atoms with Gasteiger partial charge in [-0.05, 0) is 67.8 Å². The third-order valence-corrected chi connectivity index (χ3v) is 6.57. The smallest absolute Gasteiger partial charge is 0.261 e. The quantitative estimate of drug-likeness (QED) is 0.496. The highest BCUT2D eigenvalue weighted by Gasteiger charge is 2.15. The standard InChI is InChI=1S/C25H28N2O4S/c1-18-4-11-22(12-5-18)27-32(29,30)24-15-6-20(7-16-24)8-17-25(28)26-19(2)21-9-13-23(31-3)14-10-21/h4-7,9-16,19,27H,8,17H2,1-3H3,(H,26,28)/t19-/m1/s1. The minimum Gasteiger partial charge on any atom is -0.497 e. The molecule has 0 aliphatic rings. The molecule has 1 atom stereocenters. The normalized spacial score (nSPS) is 12.1. The van der Waals surface area contributed by atoms with Crippen molar-refractivity contribution in [2.75, 3.05) is 11.8 Å². The maximum Gasteiger partial charge on any atom is 0.261 e. The summed E-state index contributed by atoms with van der Waals surface area (Å²) in [6.07, 6.45) is 0.834. The van der Waals surface area contributed by atoms with Crippen molar-refractivity contribution in [3.63, 3.8) is 0 Å². The molecule has 0 aliphatic carbocycles. The molecule has 3 aromatic carbocycles. The van der Waals surface area contributed by atoms with Crippen LogP contribution >= 0.6 is 0 Å². The summed E-state index contributed by atoms with van der Waals surface area (Å²) < 4.78 is 32.9. The zero-order valence-electron chi connectivity index (χ0n) is 18.5. The van der Waals surface area contributed by atoms with Crippen LogP contribution in [0.2, 0.25) is 0 Å². The number of ether oxygens (including phenoxy) is 1. The molecule has 3 aromatic rings. The van der Waals surface area contributed by atoms with E-state index in [1.165, 1.54) is 0 Å². The molecule has 2 N–H and O–H groups in total. The summed E-state index contributed by atoms with van der Waals surface area (Å²) in [5.74, 6) is 0.706. The first kappa shape index (κ1) is 23.3. The van der Waals surface area contributed by atoms with Gasteiger partial charge in [0.25, 0.3) is 10.0 Å². The molecule has 32 heavy (non-hydrogen) atoms. The van der Waals surface area contributed by atoms with E-state index in [1.807, 2.05) is 50.2 Å². The van der Waals surface area contributed by atoms with Gasteiger partial charge in [0.15, 0.2) is 0 Å². The van der Waals surface area contributed by atoms with E-state index >= 15 is 0 Å². The summed E-state index contributed by atoms with van der Waals surface area (Å²) in [4.78, 5) is 12.5. The highest BCUT2D eigenvalue weighted by Crippen LogP contribution is 2.19. The van der Waals surface area contributed by atoms with Crippen LogP contribution in [0, 0.1) is 6.92 Å². The van der Waals surface area contributed by atoms with Crippen molar-refractivity contribution in [1.82, 2.24) is 5.32 Å². The lowest BCUT2D eigenvalue weighted by molar-refractivity contribution is -0.121. The second-order valence-corrected chi connectivity index (χ2v) is 9.36. The second kappa shape index (κ2) is 10.3. The third kappa shape index (κ3) is 6.34. The number of carbonyl (C=O) groups is 1. The van der Waals surface area contributed by atoms with Crippen molar-refractivity contribution < 1.29 is 17.9 Å². The average molecular weight is 453 g/mol. The summed E-state index contributed by atoms with van der Waals surface area (Å²) >= 11 is 0. The summed E-state index contributed by atoms with van der Waals surface area (Å²) in [5, 5.41) is 2.99. The second-order valence-electron chi connectivity index (χ2n) is 7.68. The number of benzene rings is 3. The van der Waals surface area contributed by atoms with Gasteiger partial charge in [-0.3, -0.25) is 9.52 Å². The van der Waals surface area contributed by atoms with Crippen molar-refractivity contribution in [3.8, 4) is 5.75 Å². The van der Waals surface area contributed by atoms with E-state index in [2.05, 4.69) is 10.0 Å². The van der Waals surface area contributed by atoms with E-state index in [0.29, 0.717) is 18.5 Å². The van der Waals surface area contributed by atoms with Gasteiger partial charge in [-0.1, -0.05) is 42.0 Å². The SMILES string of the molecule is COc1ccc([C@@H](C)NC(=O)CCc2ccc(S(=O)(=O)Nc3ccc(C)cc3)cc2)cc1. The highest BCUT2D eigenvalue weighted by molar-refractivity contribution is 7.92. The fourth-order valence-electron chi connectivity index (χ4n) is 3.22. The number of methoxy groups -OCH3 is 1. The Labute approximate surface area is 189 Å². The Hall–Kier alpha value is -3.32. The maximum absolute atomic E-state index is 12.6. The molecule has 3 rings (SSSR count). The van der Waals surface area contributed by atoms with Gasteiger partial charge < -0.3 is 10.1 Å². The molecule has 7 heteroatoms. The maximum atomic E-state index is 12.6. The van der Waals surface area contributed by atoms with Crippen molar-refractivity contribution in [2.45, 2.75) is 37.6 Å². The number of nitrogens with one attached hydrogen (secondary N) is 2. The van der Waals surface area contributed by atoms with E-state index in [1.54, 1.807) is 43.5 Å². The van der Waals surface area contributed by atoms with Crippen LogP contribution in [-0.2, 0) is 21.2 Å². The zero-order chi connectivity index (χ0) is 23.1. The summed E-state index contributed by atoms with van der Waals surface area (Å²) in [6.45, 7) is 3.87. The fraction of sp³-hybridized carbons (Fsp3) is 0.240. The number of hydrogen-bond acceptors (Lipinski definition) is 4. The van der Waals surface area contributed by atoms with Crippen molar-refractivity contribution in [3.05, 3.63) is 89.5 Å². The number of aryl methyl sites for hydroxylation is 2. The summed E-state index contributed by atoms with van der Waals surface area (Å²) in [6, 6.07) is 21.2. The molecule has 0 fully saturated rings. The Morgan fingerprint density at radius 3 is 2.16 bits per heavy atom. The van der Waals surface area contributed by atoms with Crippen LogP contribution in [0.15, 0.2) is 77.7 Å². The fourth-order valence-corrected chi connectivity index (χ4v) is 4.28. The topological polar surface area (TPSA) is 84.5 Å². The molecule has 0 unspecified atom stereocenters. The van der Waals surface area contributed by atoms with Gasteiger partial charge in [-0.15, -0.1) is 0 Å². The molecule has 0 spiro atoms. The molecule has 0 radical (unpaired) electrons. The number of sulfonamides is 1.